The van der Waals surface area contributed by atoms with Crippen LogP contribution in [-0.4, -0.2) is 46.7 Å². The van der Waals surface area contributed by atoms with Crippen molar-refractivity contribution in [2.24, 2.45) is 4.99 Å². The van der Waals surface area contributed by atoms with Crippen LogP contribution in [0.1, 0.15) is 33.4 Å². The van der Waals surface area contributed by atoms with Crippen molar-refractivity contribution in [1.82, 2.24) is 25.3 Å². The van der Waals surface area contributed by atoms with Gasteiger partial charge in [0.25, 0.3) is 0 Å². The monoisotopic (exact) mass is 366 g/mol. The Morgan fingerprint density at radius 1 is 1.32 bits per heavy atom. The molecule has 0 aromatic carbocycles. The Balaban J connectivity index is 1.77. The Labute approximate surface area is 151 Å². The number of rotatable bonds is 6. The molecule has 2 heterocycles. The van der Waals surface area contributed by atoms with Gasteiger partial charge in [-0.2, -0.15) is 0 Å². The van der Waals surface area contributed by atoms with E-state index in [-0.39, 0.29) is 0 Å². The van der Waals surface area contributed by atoms with Gasteiger partial charge >= 0.3 is 6.09 Å². The summed E-state index contributed by atoms with van der Waals surface area (Å²) in [6.07, 6.45) is 3.53. The molecule has 1 amide bonds. The van der Waals surface area contributed by atoms with Crippen LogP contribution in [0, 0.1) is 0 Å². The average molecular weight is 366 g/mol. The number of carbonyl (C=O) groups excluding carboxylic acids is 1. The summed E-state index contributed by atoms with van der Waals surface area (Å²) in [5, 5.41) is 11.0. The SMILES string of the molecule is CCNC(=NCc1cn2ccsc2n1)NCCNC(=O)OC(C)(C)C. The molecule has 0 aliphatic rings. The van der Waals surface area contributed by atoms with Crippen LogP contribution in [0.3, 0.4) is 0 Å². The van der Waals surface area contributed by atoms with Gasteiger partial charge in [0, 0.05) is 37.4 Å². The van der Waals surface area contributed by atoms with Gasteiger partial charge in [-0.05, 0) is 27.7 Å². The molecule has 0 atom stereocenters. The van der Waals surface area contributed by atoms with Gasteiger partial charge in [0.1, 0.15) is 5.60 Å². The molecule has 0 radical (unpaired) electrons. The number of aromatic nitrogens is 2. The van der Waals surface area contributed by atoms with Crippen LogP contribution in [0.5, 0.6) is 0 Å². The van der Waals surface area contributed by atoms with Crippen LogP contribution in [0.4, 0.5) is 4.79 Å². The van der Waals surface area contributed by atoms with Crippen molar-refractivity contribution >= 4 is 28.4 Å². The number of nitrogens with zero attached hydrogens (tertiary/aromatic N) is 3. The van der Waals surface area contributed by atoms with Crippen LogP contribution in [-0.2, 0) is 11.3 Å². The van der Waals surface area contributed by atoms with E-state index in [9.17, 15) is 4.79 Å². The highest BCUT2D eigenvalue weighted by Crippen LogP contribution is 2.11. The van der Waals surface area contributed by atoms with Crippen molar-refractivity contribution in [1.29, 1.82) is 0 Å². The standard InChI is InChI=1S/C16H26N6O2S/c1-5-17-13(18-6-7-19-15(23)24-16(2,3)4)20-10-12-11-22-8-9-25-14(22)21-12/h8-9,11H,5-7,10H2,1-4H3,(H,19,23)(H2,17,18,20). The summed E-state index contributed by atoms with van der Waals surface area (Å²) in [5.74, 6) is 0.685. The highest BCUT2D eigenvalue weighted by Gasteiger charge is 2.15. The molecule has 0 aliphatic heterocycles. The number of nitrogens with one attached hydrogen (secondary N) is 3. The lowest BCUT2D eigenvalue weighted by atomic mass is 10.2. The molecule has 8 nitrogen and oxygen atoms in total. The third kappa shape index (κ3) is 6.61. The normalized spacial score (nSPS) is 12.2. The Morgan fingerprint density at radius 3 is 2.76 bits per heavy atom. The molecule has 0 bridgehead atoms. The maximum absolute atomic E-state index is 11.6. The zero-order valence-corrected chi connectivity index (χ0v) is 15.9. The molecule has 9 heteroatoms. The molecule has 0 unspecified atom stereocenters. The van der Waals surface area contributed by atoms with E-state index in [1.54, 1.807) is 11.3 Å². The molecular formula is C16H26N6O2S. The highest BCUT2D eigenvalue weighted by atomic mass is 32.1. The third-order valence-corrected chi connectivity index (χ3v) is 3.74. The molecule has 2 aromatic heterocycles. The maximum atomic E-state index is 11.6. The van der Waals surface area contributed by atoms with Crippen LogP contribution in [0.25, 0.3) is 4.96 Å². The van der Waals surface area contributed by atoms with E-state index in [0.717, 1.165) is 17.2 Å². The topological polar surface area (TPSA) is 92.0 Å². The number of aliphatic imine (C=N–C) groups is 1. The van der Waals surface area contributed by atoms with Gasteiger partial charge in [-0.25, -0.2) is 14.8 Å². The quantitative estimate of drug-likeness (QED) is 0.413. The first-order valence-electron chi connectivity index (χ1n) is 8.27. The van der Waals surface area contributed by atoms with E-state index >= 15 is 0 Å². The third-order valence-electron chi connectivity index (χ3n) is 2.97. The summed E-state index contributed by atoms with van der Waals surface area (Å²) in [6.45, 7) is 9.74. The molecule has 0 saturated carbocycles. The minimum atomic E-state index is -0.494. The second-order valence-electron chi connectivity index (χ2n) is 6.38. The molecule has 138 valence electrons. The van der Waals surface area contributed by atoms with Gasteiger partial charge in [0.05, 0.1) is 12.2 Å². The van der Waals surface area contributed by atoms with Gasteiger partial charge < -0.3 is 20.7 Å². The largest absolute Gasteiger partial charge is 0.444 e. The number of carbonyl (C=O) groups is 1. The average Bonchev–Trinajstić information content (AvgIpc) is 3.08. The molecule has 0 fully saturated rings. The Hall–Kier alpha value is -2.29. The van der Waals surface area contributed by atoms with E-state index < -0.39 is 11.7 Å². The lowest BCUT2D eigenvalue weighted by Gasteiger charge is -2.19. The van der Waals surface area contributed by atoms with Crippen molar-refractivity contribution in [2.75, 3.05) is 19.6 Å². The summed E-state index contributed by atoms with van der Waals surface area (Å²) in [5.41, 5.74) is 0.419. The lowest BCUT2D eigenvalue weighted by Crippen LogP contribution is -2.42. The maximum Gasteiger partial charge on any atom is 0.407 e. The van der Waals surface area contributed by atoms with Gasteiger partial charge in [0.2, 0.25) is 0 Å². The first kappa shape index (κ1) is 19.0. The Morgan fingerprint density at radius 2 is 2.08 bits per heavy atom. The summed E-state index contributed by atoms with van der Waals surface area (Å²) < 4.78 is 7.17. The van der Waals surface area contributed by atoms with Crippen molar-refractivity contribution in [3.8, 4) is 0 Å². The van der Waals surface area contributed by atoms with Gasteiger partial charge in [-0.15, -0.1) is 11.3 Å². The van der Waals surface area contributed by atoms with E-state index in [1.807, 2.05) is 49.9 Å². The molecule has 3 N–H and O–H groups in total. The molecule has 0 spiro atoms. The van der Waals surface area contributed by atoms with E-state index in [2.05, 4.69) is 25.9 Å². The second kappa shape index (κ2) is 8.70. The fourth-order valence-corrected chi connectivity index (χ4v) is 2.73. The van der Waals surface area contributed by atoms with Gasteiger partial charge in [-0.1, -0.05) is 0 Å². The summed E-state index contributed by atoms with van der Waals surface area (Å²) >= 11 is 1.60. The van der Waals surface area contributed by atoms with Gasteiger partial charge in [-0.3, -0.25) is 4.40 Å². The molecular weight excluding hydrogens is 340 g/mol. The second-order valence-corrected chi connectivity index (χ2v) is 7.25. The van der Waals surface area contributed by atoms with Crippen molar-refractivity contribution < 1.29 is 9.53 Å². The predicted molar refractivity (Wildman–Crippen MR) is 100 cm³/mol. The van der Waals surface area contributed by atoms with Gasteiger partial charge in [0.15, 0.2) is 10.9 Å². The number of ether oxygens (including phenoxy) is 1. The first-order chi connectivity index (χ1) is 11.9. The molecule has 2 aromatic rings. The van der Waals surface area contributed by atoms with Crippen molar-refractivity contribution in [2.45, 2.75) is 39.8 Å². The van der Waals surface area contributed by atoms with Crippen LogP contribution >= 0.6 is 11.3 Å². The summed E-state index contributed by atoms with van der Waals surface area (Å²) in [7, 11) is 0. The smallest absolute Gasteiger partial charge is 0.407 e. The van der Waals surface area contributed by atoms with Crippen molar-refractivity contribution in [3.63, 3.8) is 0 Å². The Kier molecular flexibility index (Phi) is 6.63. The van der Waals surface area contributed by atoms with Crippen LogP contribution in [0.15, 0.2) is 22.8 Å². The van der Waals surface area contributed by atoms with Crippen LogP contribution in [0.2, 0.25) is 0 Å². The zero-order chi connectivity index (χ0) is 18.3. The highest BCUT2D eigenvalue weighted by molar-refractivity contribution is 7.15. The molecule has 25 heavy (non-hydrogen) atoms. The minimum Gasteiger partial charge on any atom is -0.444 e. The first-order valence-corrected chi connectivity index (χ1v) is 9.15. The van der Waals surface area contributed by atoms with E-state index in [1.165, 1.54) is 0 Å². The fraction of sp³-hybridized carbons (Fsp3) is 0.562. The number of alkyl carbamates (subject to hydrolysis) is 1. The van der Waals surface area contributed by atoms with E-state index in [4.69, 9.17) is 4.74 Å². The summed E-state index contributed by atoms with van der Waals surface area (Å²) in [6, 6.07) is 0. The van der Waals surface area contributed by atoms with E-state index in [0.29, 0.717) is 25.6 Å². The molecule has 0 aliphatic carbocycles. The lowest BCUT2D eigenvalue weighted by molar-refractivity contribution is 0.0529. The number of thiazole rings is 1. The Bertz CT molecular complexity index is 687. The number of guanidine groups is 1. The number of amides is 1. The number of fused-ring (bicyclic) bond motifs is 1. The number of hydrogen-bond acceptors (Lipinski definition) is 5. The van der Waals surface area contributed by atoms with Crippen molar-refractivity contribution in [3.05, 3.63) is 23.5 Å². The molecule has 2 rings (SSSR count). The summed E-state index contributed by atoms with van der Waals surface area (Å²) in [4.78, 5) is 21.6. The van der Waals surface area contributed by atoms with Crippen LogP contribution < -0.4 is 16.0 Å². The number of hydrogen-bond donors (Lipinski definition) is 3. The number of imidazole rings is 1. The minimum absolute atomic E-state index is 0.422. The zero-order valence-electron chi connectivity index (χ0n) is 15.1. The fourth-order valence-electron chi connectivity index (χ4n) is 2.01. The predicted octanol–water partition coefficient (Wildman–Crippen LogP) is 1.98. The molecule has 0 saturated heterocycles.